The van der Waals surface area contributed by atoms with Crippen LogP contribution in [0.5, 0.6) is 0 Å². The van der Waals surface area contributed by atoms with Crippen molar-refractivity contribution in [1.82, 2.24) is 0 Å². The Balaban J connectivity index is 2.02. The Labute approximate surface area is 130 Å². The van der Waals surface area contributed by atoms with Gasteiger partial charge in [-0.15, -0.1) is 0 Å². The molecule has 2 heteroatoms. The number of nitrogens with zero attached hydrogens (tertiary/aromatic N) is 1. The minimum atomic E-state index is 0.616. The van der Waals surface area contributed by atoms with Gasteiger partial charge in [-0.2, -0.15) is 0 Å². The van der Waals surface area contributed by atoms with Crippen molar-refractivity contribution < 1.29 is 0 Å². The summed E-state index contributed by atoms with van der Waals surface area (Å²) in [6.07, 6.45) is 17.0. The number of benzene rings is 1. The molecule has 0 saturated heterocycles. The van der Waals surface area contributed by atoms with Crippen molar-refractivity contribution in [2.24, 2.45) is 5.92 Å². The molecule has 0 N–H and O–H groups in total. The maximum absolute atomic E-state index is 2.43. The summed E-state index contributed by atoms with van der Waals surface area (Å²) in [4.78, 5) is 2.43. The largest absolute Gasteiger partial charge is 0.315 e. The van der Waals surface area contributed by atoms with Gasteiger partial charge in [-0.3, -0.25) is 0 Å². The van der Waals surface area contributed by atoms with E-state index in [-0.39, 0.29) is 0 Å². The zero-order valence-electron chi connectivity index (χ0n) is 12.9. The molecule has 108 valence electrons. The fraction of sp³-hybridized carbons (Fsp3) is 0.263. The second kappa shape index (κ2) is 6.31. The van der Waals surface area contributed by atoms with Gasteiger partial charge in [0.25, 0.3) is 0 Å². The molecule has 0 aliphatic heterocycles. The monoisotopic (exact) mass is 293 g/mol. The quantitative estimate of drug-likeness (QED) is 0.774. The molecular weight excluding hydrogens is 270 g/mol. The molecule has 1 atom stereocenters. The van der Waals surface area contributed by atoms with Gasteiger partial charge in [0, 0.05) is 27.3 Å². The summed E-state index contributed by atoms with van der Waals surface area (Å²) in [5.74, 6) is 0.616. The van der Waals surface area contributed by atoms with Crippen LogP contribution in [-0.2, 0) is 0 Å². The second-order valence-corrected chi connectivity index (χ2v) is 7.16. The number of rotatable bonds is 3. The van der Waals surface area contributed by atoms with Crippen molar-refractivity contribution in [3.63, 3.8) is 0 Å². The van der Waals surface area contributed by atoms with Crippen LogP contribution in [0, 0.1) is 5.92 Å². The second-order valence-electron chi connectivity index (χ2n) is 6.00. The van der Waals surface area contributed by atoms with Gasteiger partial charge in [0.2, 0.25) is 0 Å². The first-order valence-electron chi connectivity index (χ1n) is 7.85. The lowest BCUT2D eigenvalue weighted by molar-refractivity contribution is 0.722. The predicted octanol–water partition coefficient (Wildman–Crippen LogP) is 3.20. The Bertz CT molecular complexity index is 619. The summed E-state index contributed by atoms with van der Waals surface area (Å²) in [5.41, 5.74) is 3.99. The van der Waals surface area contributed by atoms with Gasteiger partial charge in [-0.05, 0) is 49.5 Å². The molecule has 2 aliphatic rings. The third-order valence-corrected chi connectivity index (χ3v) is 4.75. The molecule has 1 aromatic carbocycles. The van der Waals surface area contributed by atoms with Crippen molar-refractivity contribution in [2.45, 2.75) is 26.2 Å². The minimum Gasteiger partial charge on any atom is -0.315 e. The SMILES string of the molecule is CC1C=C(N(C2=CC=CCC2)c2ccc([SiH3])cc2)C=CC1. The summed E-state index contributed by atoms with van der Waals surface area (Å²) in [7, 11) is 1.11. The molecule has 0 saturated carbocycles. The van der Waals surface area contributed by atoms with Gasteiger partial charge >= 0.3 is 0 Å². The molecule has 0 aromatic heterocycles. The number of hydrogen-bond donors (Lipinski definition) is 0. The minimum absolute atomic E-state index is 0.616. The number of hydrogen-bond acceptors (Lipinski definition) is 1. The lowest BCUT2D eigenvalue weighted by Gasteiger charge is -2.31. The van der Waals surface area contributed by atoms with Gasteiger partial charge in [0.15, 0.2) is 0 Å². The molecule has 0 amide bonds. The summed E-state index contributed by atoms with van der Waals surface area (Å²) in [6.45, 7) is 2.29. The fourth-order valence-electron chi connectivity index (χ4n) is 2.92. The molecule has 21 heavy (non-hydrogen) atoms. The van der Waals surface area contributed by atoms with Gasteiger partial charge in [0.05, 0.1) is 0 Å². The van der Waals surface area contributed by atoms with Crippen molar-refractivity contribution in [2.75, 3.05) is 4.90 Å². The molecule has 0 heterocycles. The van der Waals surface area contributed by atoms with E-state index < -0.39 is 0 Å². The van der Waals surface area contributed by atoms with Crippen molar-refractivity contribution in [3.05, 3.63) is 72.1 Å². The highest BCUT2D eigenvalue weighted by atomic mass is 28.1. The van der Waals surface area contributed by atoms with Crippen LogP contribution < -0.4 is 10.1 Å². The predicted molar refractivity (Wildman–Crippen MR) is 96.0 cm³/mol. The number of anilines is 1. The van der Waals surface area contributed by atoms with E-state index in [9.17, 15) is 0 Å². The Morgan fingerprint density at radius 2 is 1.95 bits per heavy atom. The van der Waals surface area contributed by atoms with Crippen LogP contribution >= 0.6 is 0 Å². The van der Waals surface area contributed by atoms with E-state index in [2.05, 4.69) is 72.5 Å². The highest BCUT2D eigenvalue weighted by Crippen LogP contribution is 2.31. The third-order valence-electron chi connectivity index (χ3n) is 4.08. The van der Waals surface area contributed by atoms with E-state index in [1.165, 1.54) is 22.3 Å². The molecule has 1 nitrogen and oxygen atoms in total. The van der Waals surface area contributed by atoms with E-state index in [0.717, 1.165) is 29.5 Å². The summed E-state index contributed by atoms with van der Waals surface area (Å²) < 4.78 is 0. The van der Waals surface area contributed by atoms with Crippen LogP contribution in [0.2, 0.25) is 0 Å². The first kappa shape index (κ1) is 14.1. The zero-order chi connectivity index (χ0) is 14.7. The lowest BCUT2D eigenvalue weighted by atomic mass is 9.99. The summed E-state index contributed by atoms with van der Waals surface area (Å²) in [5, 5.41) is 1.44. The Hall–Kier alpha value is -1.80. The normalized spacial score (nSPS) is 21.1. The van der Waals surface area contributed by atoms with Crippen molar-refractivity contribution >= 4 is 21.1 Å². The highest BCUT2D eigenvalue weighted by molar-refractivity contribution is 6.32. The Morgan fingerprint density at radius 1 is 1.14 bits per heavy atom. The van der Waals surface area contributed by atoms with E-state index in [4.69, 9.17) is 0 Å². The highest BCUT2D eigenvalue weighted by Gasteiger charge is 2.18. The van der Waals surface area contributed by atoms with Gasteiger partial charge < -0.3 is 4.90 Å². The van der Waals surface area contributed by atoms with Gasteiger partial charge in [-0.1, -0.05) is 48.5 Å². The van der Waals surface area contributed by atoms with Crippen LogP contribution in [0.3, 0.4) is 0 Å². The Morgan fingerprint density at radius 3 is 2.62 bits per heavy atom. The lowest BCUT2D eigenvalue weighted by Crippen LogP contribution is -2.23. The zero-order valence-corrected chi connectivity index (χ0v) is 14.9. The van der Waals surface area contributed by atoms with Crippen LogP contribution in [0.1, 0.15) is 26.2 Å². The maximum Gasteiger partial charge on any atom is 0.0458 e. The van der Waals surface area contributed by atoms with Crippen LogP contribution in [0.4, 0.5) is 5.69 Å². The molecule has 0 bridgehead atoms. The van der Waals surface area contributed by atoms with Gasteiger partial charge in [0.1, 0.15) is 0 Å². The standard InChI is InChI=1S/C19H23NSi/c1-15-6-5-9-18(14-15)20(16-7-3-2-4-8-16)17-10-12-19(21)13-11-17/h2-3,5,7,9-15H,4,6,8H2,1,21H3. The van der Waals surface area contributed by atoms with E-state index >= 15 is 0 Å². The fourth-order valence-corrected chi connectivity index (χ4v) is 3.25. The van der Waals surface area contributed by atoms with E-state index in [1.54, 1.807) is 0 Å². The topological polar surface area (TPSA) is 3.24 Å². The molecule has 1 aromatic rings. The van der Waals surface area contributed by atoms with E-state index in [0.29, 0.717) is 5.92 Å². The number of allylic oxidation sites excluding steroid dienone is 7. The molecule has 3 rings (SSSR count). The Kier molecular flexibility index (Phi) is 4.25. The van der Waals surface area contributed by atoms with Crippen LogP contribution in [0.25, 0.3) is 0 Å². The molecule has 0 spiro atoms. The summed E-state index contributed by atoms with van der Waals surface area (Å²) in [6, 6.07) is 9.03. The summed E-state index contributed by atoms with van der Waals surface area (Å²) >= 11 is 0. The first-order chi connectivity index (χ1) is 10.2. The third kappa shape index (κ3) is 3.27. The average Bonchev–Trinajstić information content (AvgIpc) is 2.51. The van der Waals surface area contributed by atoms with Crippen LogP contribution in [0.15, 0.2) is 72.1 Å². The molecule has 2 aliphatic carbocycles. The van der Waals surface area contributed by atoms with E-state index in [1.807, 2.05) is 0 Å². The van der Waals surface area contributed by atoms with Crippen molar-refractivity contribution in [3.8, 4) is 0 Å². The maximum atomic E-state index is 2.43. The van der Waals surface area contributed by atoms with Crippen molar-refractivity contribution in [1.29, 1.82) is 0 Å². The van der Waals surface area contributed by atoms with Gasteiger partial charge in [-0.25, -0.2) is 0 Å². The molecule has 1 unspecified atom stereocenters. The van der Waals surface area contributed by atoms with Crippen LogP contribution in [-0.4, -0.2) is 10.2 Å². The molecular formula is C19H23NSi. The average molecular weight is 293 g/mol. The smallest absolute Gasteiger partial charge is 0.0458 e. The first-order valence-corrected chi connectivity index (χ1v) is 8.85. The molecule has 0 radical (unpaired) electrons. The molecule has 0 fully saturated rings.